The third-order valence-electron chi connectivity index (χ3n) is 5.98. The number of aromatic hydroxyl groups is 1. The van der Waals surface area contributed by atoms with Gasteiger partial charge in [0, 0.05) is 31.2 Å². The Labute approximate surface area is 206 Å². The summed E-state index contributed by atoms with van der Waals surface area (Å²) in [7, 11) is 1.39. The normalized spacial score (nSPS) is 23.2. The van der Waals surface area contributed by atoms with E-state index in [-0.39, 0.29) is 42.2 Å². The van der Waals surface area contributed by atoms with Gasteiger partial charge in [-0.15, -0.1) is 0 Å². The number of nitrogens with zero attached hydrogens (tertiary/aromatic N) is 1. The Morgan fingerprint density at radius 2 is 1.94 bits per heavy atom. The van der Waals surface area contributed by atoms with Crippen molar-refractivity contribution >= 4 is 11.8 Å². The second kappa shape index (κ2) is 12.7. The summed E-state index contributed by atoms with van der Waals surface area (Å²) < 4.78 is 23.1. The third kappa shape index (κ3) is 7.26. The summed E-state index contributed by atoms with van der Waals surface area (Å²) in [6.45, 7) is 6.85. The predicted molar refractivity (Wildman–Crippen MR) is 129 cm³/mol. The number of Topliss-reactive ketones (excluding diaryl/α,β-unsaturated/α-hetero) is 1. The SMILES string of the molecule is COc1ccnc(C(=O)C[C@H]2COC[C@H](Cc3ccccc3)[C@@H](OCC(C)C)[C@H](C)OC2=O)c1O. The van der Waals surface area contributed by atoms with Crippen LogP contribution in [0.4, 0.5) is 0 Å². The number of methoxy groups -OCH3 is 1. The fraction of sp³-hybridized carbons (Fsp3) is 0.519. The number of carbonyl (C=O) groups is 2. The van der Waals surface area contributed by atoms with Crippen molar-refractivity contribution in [2.75, 3.05) is 26.9 Å². The van der Waals surface area contributed by atoms with Gasteiger partial charge < -0.3 is 24.1 Å². The van der Waals surface area contributed by atoms with E-state index < -0.39 is 23.8 Å². The van der Waals surface area contributed by atoms with Gasteiger partial charge in [0.15, 0.2) is 23.0 Å². The summed E-state index contributed by atoms with van der Waals surface area (Å²) in [6, 6.07) is 11.5. The summed E-state index contributed by atoms with van der Waals surface area (Å²) in [4.78, 5) is 29.9. The van der Waals surface area contributed by atoms with Crippen molar-refractivity contribution in [3.63, 3.8) is 0 Å². The van der Waals surface area contributed by atoms with E-state index in [2.05, 4.69) is 31.0 Å². The van der Waals surface area contributed by atoms with Crippen LogP contribution in [0.25, 0.3) is 0 Å². The molecule has 0 amide bonds. The summed E-state index contributed by atoms with van der Waals surface area (Å²) >= 11 is 0. The van der Waals surface area contributed by atoms with Crippen molar-refractivity contribution in [1.29, 1.82) is 0 Å². The van der Waals surface area contributed by atoms with Gasteiger partial charge in [0.2, 0.25) is 0 Å². The maximum atomic E-state index is 13.0. The molecule has 8 nitrogen and oxygen atoms in total. The van der Waals surface area contributed by atoms with E-state index in [1.54, 1.807) is 0 Å². The number of cyclic esters (lactones) is 1. The van der Waals surface area contributed by atoms with Gasteiger partial charge in [-0.05, 0) is 24.8 Å². The number of rotatable bonds is 9. The molecule has 3 rings (SSSR count). The topological polar surface area (TPSA) is 104 Å². The predicted octanol–water partition coefficient (Wildman–Crippen LogP) is 3.85. The molecule has 1 aromatic heterocycles. The van der Waals surface area contributed by atoms with Crippen LogP contribution in [0.1, 0.15) is 43.2 Å². The highest BCUT2D eigenvalue weighted by atomic mass is 16.6. The first-order valence-electron chi connectivity index (χ1n) is 12.0. The molecule has 2 aromatic rings. The van der Waals surface area contributed by atoms with Crippen LogP contribution in [0.15, 0.2) is 42.6 Å². The highest BCUT2D eigenvalue weighted by molar-refractivity contribution is 5.99. The molecule has 1 N–H and O–H groups in total. The van der Waals surface area contributed by atoms with Crippen LogP contribution in [0.3, 0.4) is 0 Å². The standard InChI is InChI=1S/C27H35NO7/c1-17(2)14-34-26-18(3)35-27(31)21(13-22(29)24-25(30)23(32-4)10-11-28-24)16-33-15-20(26)12-19-8-6-5-7-9-19/h5-11,17-18,20-21,26,30H,12-16H2,1-4H3/t18-,20-,21-,26-/m0/s1. The van der Waals surface area contributed by atoms with Crippen molar-refractivity contribution in [1.82, 2.24) is 4.98 Å². The van der Waals surface area contributed by atoms with Crippen LogP contribution >= 0.6 is 0 Å². The van der Waals surface area contributed by atoms with Crippen molar-refractivity contribution in [3.8, 4) is 11.5 Å². The van der Waals surface area contributed by atoms with E-state index in [9.17, 15) is 14.7 Å². The minimum Gasteiger partial charge on any atom is -0.503 e. The zero-order valence-electron chi connectivity index (χ0n) is 20.8. The van der Waals surface area contributed by atoms with Crippen LogP contribution in [0.5, 0.6) is 11.5 Å². The molecular formula is C27H35NO7. The largest absolute Gasteiger partial charge is 0.503 e. The molecule has 1 aromatic carbocycles. The lowest BCUT2D eigenvalue weighted by molar-refractivity contribution is -0.163. The lowest BCUT2D eigenvalue weighted by Crippen LogP contribution is -2.40. The number of hydrogen-bond donors (Lipinski definition) is 1. The van der Waals surface area contributed by atoms with E-state index in [0.717, 1.165) is 5.56 Å². The van der Waals surface area contributed by atoms with Crippen LogP contribution in [-0.4, -0.2) is 61.0 Å². The molecule has 35 heavy (non-hydrogen) atoms. The molecule has 0 spiro atoms. The molecule has 1 saturated heterocycles. The fourth-order valence-electron chi connectivity index (χ4n) is 4.19. The lowest BCUT2D eigenvalue weighted by atomic mass is 9.91. The summed E-state index contributed by atoms with van der Waals surface area (Å²) in [5.74, 6) is -1.80. The summed E-state index contributed by atoms with van der Waals surface area (Å²) in [5.41, 5.74) is 0.994. The quantitative estimate of drug-likeness (QED) is 0.422. The number of esters is 1. The smallest absolute Gasteiger partial charge is 0.312 e. The molecule has 1 fully saturated rings. The van der Waals surface area contributed by atoms with Crippen LogP contribution in [0, 0.1) is 17.8 Å². The molecule has 0 bridgehead atoms. The maximum absolute atomic E-state index is 13.0. The van der Waals surface area contributed by atoms with E-state index in [1.165, 1.54) is 19.4 Å². The Hall–Kier alpha value is -2.97. The van der Waals surface area contributed by atoms with E-state index in [4.69, 9.17) is 18.9 Å². The Bertz CT molecular complexity index is 979. The van der Waals surface area contributed by atoms with Gasteiger partial charge in [0.25, 0.3) is 0 Å². The first kappa shape index (κ1) is 26.6. The lowest BCUT2D eigenvalue weighted by Gasteiger charge is -2.31. The Balaban J connectivity index is 1.77. The monoisotopic (exact) mass is 485 g/mol. The maximum Gasteiger partial charge on any atom is 0.312 e. The van der Waals surface area contributed by atoms with Gasteiger partial charge in [0.05, 0.1) is 32.3 Å². The number of carbonyl (C=O) groups excluding carboxylic acids is 2. The molecule has 2 heterocycles. The molecule has 0 aliphatic carbocycles. The van der Waals surface area contributed by atoms with Crippen molar-refractivity contribution in [2.24, 2.45) is 17.8 Å². The van der Waals surface area contributed by atoms with E-state index in [1.807, 2.05) is 25.1 Å². The molecule has 1 aliphatic rings. The first-order chi connectivity index (χ1) is 16.8. The third-order valence-corrected chi connectivity index (χ3v) is 5.98. The minimum atomic E-state index is -0.835. The summed E-state index contributed by atoms with van der Waals surface area (Å²) in [5, 5.41) is 10.3. The minimum absolute atomic E-state index is 0.0181. The van der Waals surface area contributed by atoms with Gasteiger partial charge >= 0.3 is 5.97 Å². The molecular weight excluding hydrogens is 450 g/mol. The number of ketones is 1. The van der Waals surface area contributed by atoms with Crippen molar-refractivity contribution in [3.05, 3.63) is 53.9 Å². The zero-order chi connectivity index (χ0) is 25.4. The highest BCUT2D eigenvalue weighted by Gasteiger charge is 2.36. The number of benzene rings is 1. The Kier molecular flexibility index (Phi) is 9.63. The number of aromatic nitrogens is 1. The average Bonchev–Trinajstić information content (AvgIpc) is 2.87. The van der Waals surface area contributed by atoms with Crippen molar-refractivity contribution in [2.45, 2.75) is 45.8 Å². The number of hydrogen-bond acceptors (Lipinski definition) is 8. The second-order valence-corrected chi connectivity index (χ2v) is 9.36. The van der Waals surface area contributed by atoms with Crippen LogP contribution < -0.4 is 4.74 Å². The molecule has 0 saturated carbocycles. The molecule has 0 radical (unpaired) electrons. The Morgan fingerprint density at radius 1 is 1.20 bits per heavy atom. The summed E-state index contributed by atoms with van der Waals surface area (Å²) in [6.07, 6.45) is 0.978. The van der Waals surface area contributed by atoms with Gasteiger partial charge in [-0.1, -0.05) is 44.2 Å². The number of pyridine rings is 1. The van der Waals surface area contributed by atoms with Gasteiger partial charge in [-0.25, -0.2) is 4.98 Å². The second-order valence-electron chi connectivity index (χ2n) is 9.36. The average molecular weight is 486 g/mol. The molecule has 1 aliphatic heterocycles. The first-order valence-corrected chi connectivity index (χ1v) is 12.0. The van der Waals surface area contributed by atoms with Gasteiger partial charge in [-0.2, -0.15) is 0 Å². The van der Waals surface area contributed by atoms with E-state index in [0.29, 0.717) is 25.6 Å². The fourth-order valence-corrected chi connectivity index (χ4v) is 4.19. The van der Waals surface area contributed by atoms with Gasteiger partial charge in [0.1, 0.15) is 6.10 Å². The van der Waals surface area contributed by atoms with E-state index >= 15 is 0 Å². The molecule has 190 valence electrons. The van der Waals surface area contributed by atoms with Crippen molar-refractivity contribution < 1.29 is 33.6 Å². The van der Waals surface area contributed by atoms with Crippen LogP contribution in [-0.2, 0) is 25.4 Å². The zero-order valence-corrected chi connectivity index (χ0v) is 20.8. The molecule has 4 atom stereocenters. The number of ether oxygens (including phenoxy) is 4. The molecule has 8 heteroatoms. The molecule has 0 unspecified atom stereocenters. The Morgan fingerprint density at radius 3 is 2.63 bits per heavy atom. The highest BCUT2D eigenvalue weighted by Crippen LogP contribution is 2.30. The van der Waals surface area contributed by atoms with Crippen LogP contribution in [0.2, 0.25) is 0 Å². The van der Waals surface area contributed by atoms with Gasteiger partial charge in [-0.3, -0.25) is 9.59 Å².